The summed E-state index contributed by atoms with van der Waals surface area (Å²) < 4.78 is 0. The van der Waals surface area contributed by atoms with E-state index < -0.39 is 0 Å². The van der Waals surface area contributed by atoms with Crippen molar-refractivity contribution in [2.45, 2.75) is 44.7 Å². The molecule has 3 N–H and O–H groups in total. The molecule has 3 nitrogen and oxygen atoms in total. The number of nitrogens with one attached hydrogen (secondary N) is 1. The third-order valence-corrected chi connectivity index (χ3v) is 3.84. The van der Waals surface area contributed by atoms with Crippen LogP contribution in [0.25, 0.3) is 0 Å². The molecule has 0 saturated heterocycles. The summed E-state index contributed by atoms with van der Waals surface area (Å²) >= 11 is 1.73. The Hall–Kier alpha value is -0.220. The van der Waals surface area contributed by atoms with E-state index in [4.69, 9.17) is 5.73 Å². The summed E-state index contributed by atoms with van der Waals surface area (Å²) in [6.07, 6.45) is 6.61. The lowest BCUT2D eigenvalue weighted by Crippen LogP contribution is -2.48. The van der Waals surface area contributed by atoms with Gasteiger partial charge in [0, 0.05) is 6.04 Å². The van der Waals surface area contributed by atoms with Crippen LogP contribution in [0.1, 0.15) is 32.6 Å². The average molecular weight is 230 g/mol. The first-order valence-electron chi connectivity index (χ1n) is 5.70. The van der Waals surface area contributed by atoms with E-state index in [1.807, 2.05) is 6.26 Å². The summed E-state index contributed by atoms with van der Waals surface area (Å²) in [5, 5.41) is 3.02. The van der Waals surface area contributed by atoms with Crippen molar-refractivity contribution in [1.82, 2.24) is 5.32 Å². The molecule has 0 heterocycles. The number of hydrogen-bond donors (Lipinski definition) is 2. The summed E-state index contributed by atoms with van der Waals surface area (Å²) in [6, 6.07) is -0.0356. The first kappa shape index (κ1) is 12.8. The summed E-state index contributed by atoms with van der Waals surface area (Å²) in [7, 11) is 0. The second-order valence-corrected chi connectivity index (χ2v) is 5.36. The highest BCUT2D eigenvalue weighted by Crippen LogP contribution is 2.29. The molecule has 88 valence electrons. The van der Waals surface area contributed by atoms with Gasteiger partial charge < -0.3 is 11.1 Å². The number of carbonyl (C=O) groups excluding carboxylic acids is 1. The van der Waals surface area contributed by atoms with Crippen molar-refractivity contribution in [3.05, 3.63) is 0 Å². The van der Waals surface area contributed by atoms with Crippen LogP contribution in [0.5, 0.6) is 0 Å². The maximum Gasteiger partial charge on any atom is 0.237 e. The summed E-state index contributed by atoms with van der Waals surface area (Å²) in [6.45, 7) is 2.09. The predicted molar refractivity (Wildman–Crippen MR) is 65.9 cm³/mol. The largest absolute Gasteiger partial charge is 0.352 e. The van der Waals surface area contributed by atoms with E-state index >= 15 is 0 Å². The van der Waals surface area contributed by atoms with Gasteiger partial charge in [0.15, 0.2) is 0 Å². The minimum atomic E-state index is -0.333. The van der Waals surface area contributed by atoms with Crippen molar-refractivity contribution in [2.75, 3.05) is 12.0 Å². The molecular formula is C11H22N2OS. The van der Waals surface area contributed by atoms with Crippen LogP contribution >= 0.6 is 11.8 Å². The molecule has 4 heteroatoms. The lowest BCUT2D eigenvalue weighted by atomic mass is 9.80. The molecule has 1 saturated carbocycles. The Balaban J connectivity index is 2.20. The maximum atomic E-state index is 11.7. The van der Waals surface area contributed by atoms with Gasteiger partial charge in [-0.2, -0.15) is 11.8 Å². The van der Waals surface area contributed by atoms with Crippen LogP contribution in [-0.4, -0.2) is 30.0 Å². The molecule has 1 unspecified atom stereocenters. The zero-order chi connectivity index (χ0) is 11.3. The fraction of sp³-hybridized carbons (Fsp3) is 0.909. The first-order chi connectivity index (χ1) is 7.15. The van der Waals surface area contributed by atoms with Gasteiger partial charge in [-0.1, -0.05) is 6.42 Å². The molecule has 1 rings (SSSR count). The van der Waals surface area contributed by atoms with E-state index in [1.54, 1.807) is 11.8 Å². The second kappa shape index (κ2) is 6.38. The summed E-state index contributed by atoms with van der Waals surface area (Å²) in [5.74, 6) is 1.65. The number of rotatable bonds is 6. The zero-order valence-electron chi connectivity index (χ0n) is 9.66. The van der Waals surface area contributed by atoms with E-state index in [-0.39, 0.29) is 11.9 Å². The molecule has 0 bridgehead atoms. The number of thioether (sulfide) groups is 1. The Morgan fingerprint density at radius 1 is 1.60 bits per heavy atom. The Labute approximate surface area is 96.6 Å². The quantitative estimate of drug-likeness (QED) is 0.724. The van der Waals surface area contributed by atoms with E-state index in [0.29, 0.717) is 12.0 Å². The van der Waals surface area contributed by atoms with Crippen molar-refractivity contribution < 1.29 is 4.79 Å². The molecule has 0 aromatic rings. The van der Waals surface area contributed by atoms with Crippen molar-refractivity contribution in [3.63, 3.8) is 0 Å². The highest BCUT2D eigenvalue weighted by Gasteiger charge is 2.26. The highest BCUT2D eigenvalue weighted by atomic mass is 32.2. The minimum absolute atomic E-state index is 0.0171. The lowest BCUT2D eigenvalue weighted by Gasteiger charge is -2.32. The molecule has 15 heavy (non-hydrogen) atoms. The monoisotopic (exact) mass is 230 g/mol. The van der Waals surface area contributed by atoms with E-state index in [2.05, 4.69) is 12.2 Å². The molecule has 1 fully saturated rings. The minimum Gasteiger partial charge on any atom is -0.352 e. The number of amides is 1. The SMILES string of the molecule is CSCC[C@@H](N)C(=O)NC(C)C1CCC1. The number of carbonyl (C=O) groups is 1. The normalized spacial score (nSPS) is 20.5. The van der Waals surface area contributed by atoms with Crippen LogP contribution in [0, 0.1) is 5.92 Å². The Morgan fingerprint density at radius 2 is 2.27 bits per heavy atom. The topological polar surface area (TPSA) is 55.1 Å². The van der Waals surface area contributed by atoms with Gasteiger partial charge in [-0.3, -0.25) is 4.79 Å². The van der Waals surface area contributed by atoms with Gasteiger partial charge in [0.1, 0.15) is 0 Å². The molecule has 1 amide bonds. The Bertz CT molecular complexity index is 207. The molecular weight excluding hydrogens is 208 g/mol. The van der Waals surface area contributed by atoms with Crippen LogP contribution in [0.15, 0.2) is 0 Å². The lowest BCUT2D eigenvalue weighted by molar-refractivity contribution is -0.123. The molecule has 2 atom stereocenters. The van der Waals surface area contributed by atoms with Gasteiger partial charge in [0.25, 0.3) is 0 Å². The van der Waals surface area contributed by atoms with Gasteiger partial charge in [-0.05, 0) is 44.1 Å². The summed E-state index contributed by atoms with van der Waals surface area (Å²) in [4.78, 5) is 11.7. The fourth-order valence-electron chi connectivity index (χ4n) is 1.77. The van der Waals surface area contributed by atoms with Gasteiger partial charge in [-0.25, -0.2) is 0 Å². The van der Waals surface area contributed by atoms with Crippen LogP contribution in [0.3, 0.4) is 0 Å². The maximum absolute atomic E-state index is 11.7. The first-order valence-corrected chi connectivity index (χ1v) is 7.09. The van der Waals surface area contributed by atoms with Crippen molar-refractivity contribution in [3.8, 4) is 0 Å². The van der Waals surface area contributed by atoms with Gasteiger partial charge >= 0.3 is 0 Å². The third-order valence-electron chi connectivity index (χ3n) is 3.20. The molecule has 1 aliphatic rings. The van der Waals surface area contributed by atoms with E-state index in [9.17, 15) is 4.79 Å². The smallest absolute Gasteiger partial charge is 0.237 e. The molecule has 0 aliphatic heterocycles. The fourth-order valence-corrected chi connectivity index (χ4v) is 2.25. The van der Waals surface area contributed by atoms with Crippen LogP contribution in [0.4, 0.5) is 0 Å². The Morgan fingerprint density at radius 3 is 2.73 bits per heavy atom. The zero-order valence-corrected chi connectivity index (χ0v) is 10.5. The van der Waals surface area contributed by atoms with Crippen LogP contribution in [0.2, 0.25) is 0 Å². The standard InChI is InChI=1S/C11H22N2OS/c1-8(9-4-3-5-9)13-11(14)10(12)6-7-15-2/h8-10H,3-7,12H2,1-2H3,(H,13,14)/t8?,10-/m1/s1. The molecule has 0 spiro atoms. The summed E-state index contributed by atoms with van der Waals surface area (Å²) in [5.41, 5.74) is 5.79. The molecule has 1 aliphatic carbocycles. The van der Waals surface area contributed by atoms with E-state index in [1.165, 1.54) is 19.3 Å². The highest BCUT2D eigenvalue weighted by molar-refractivity contribution is 7.98. The van der Waals surface area contributed by atoms with Crippen LogP contribution in [-0.2, 0) is 4.79 Å². The number of hydrogen-bond acceptors (Lipinski definition) is 3. The molecule has 0 aromatic carbocycles. The number of nitrogens with two attached hydrogens (primary N) is 1. The van der Waals surface area contributed by atoms with Crippen LogP contribution < -0.4 is 11.1 Å². The van der Waals surface area contributed by atoms with Gasteiger partial charge in [0.2, 0.25) is 5.91 Å². The average Bonchev–Trinajstić information content (AvgIpc) is 2.10. The van der Waals surface area contributed by atoms with Crippen molar-refractivity contribution >= 4 is 17.7 Å². The predicted octanol–water partition coefficient (Wildman–Crippen LogP) is 1.37. The molecule has 0 aromatic heterocycles. The van der Waals surface area contributed by atoms with Crippen molar-refractivity contribution in [2.24, 2.45) is 11.7 Å². The van der Waals surface area contributed by atoms with Gasteiger partial charge in [-0.15, -0.1) is 0 Å². The Kier molecular flexibility index (Phi) is 5.47. The second-order valence-electron chi connectivity index (χ2n) is 4.38. The van der Waals surface area contributed by atoms with E-state index in [0.717, 1.165) is 12.2 Å². The molecule has 0 radical (unpaired) electrons. The third kappa shape index (κ3) is 4.03. The van der Waals surface area contributed by atoms with Gasteiger partial charge in [0.05, 0.1) is 6.04 Å². The van der Waals surface area contributed by atoms with Crippen molar-refractivity contribution in [1.29, 1.82) is 0 Å².